The highest BCUT2D eigenvalue weighted by Crippen LogP contribution is 2.28. The first-order chi connectivity index (χ1) is 5.69. The molecule has 0 radical (unpaired) electrons. The molecule has 4 heteroatoms. The Bertz CT molecular complexity index is 312. The molecule has 0 bridgehead atoms. The second-order valence-corrected chi connectivity index (χ2v) is 3.11. The van der Waals surface area contributed by atoms with E-state index in [0.717, 1.165) is 4.47 Å². The summed E-state index contributed by atoms with van der Waals surface area (Å²) in [6.07, 6.45) is 1.21. The van der Waals surface area contributed by atoms with Crippen LogP contribution in [-0.2, 0) is 0 Å². The summed E-state index contributed by atoms with van der Waals surface area (Å²) in [5, 5.41) is 7.04. The monoisotopic (exact) mass is 228 g/mol. The van der Waals surface area contributed by atoms with Crippen molar-refractivity contribution in [2.24, 2.45) is 0 Å². The lowest BCUT2D eigenvalue weighted by molar-refractivity contribution is 0.412. The van der Waals surface area contributed by atoms with Crippen LogP contribution in [0.3, 0.4) is 0 Å². The predicted octanol–water partition coefficient (Wildman–Crippen LogP) is 2.04. The third kappa shape index (κ3) is 1.58. The van der Waals surface area contributed by atoms with E-state index in [1.165, 1.54) is 6.21 Å². The zero-order valence-corrected chi connectivity index (χ0v) is 8.18. The van der Waals surface area contributed by atoms with Gasteiger partial charge in [0.1, 0.15) is 5.75 Å². The number of ether oxygens (including phenoxy) is 1. The first-order valence-electron chi connectivity index (χ1n) is 3.32. The van der Waals surface area contributed by atoms with E-state index in [1.54, 1.807) is 19.2 Å². The Labute approximate surface area is 79.2 Å². The molecule has 3 nitrogen and oxygen atoms in total. The average molecular weight is 229 g/mol. The molecule has 0 unspecified atom stereocenters. The number of nitrogen functional groups attached to an aromatic ring is 1. The van der Waals surface area contributed by atoms with E-state index in [4.69, 9.17) is 15.9 Å². The Morgan fingerprint density at radius 1 is 1.58 bits per heavy atom. The van der Waals surface area contributed by atoms with Crippen LogP contribution in [0.25, 0.3) is 0 Å². The topological polar surface area (TPSA) is 59.1 Å². The average Bonchev–Trinajstić information content (AvgIpc) is 2.08. The molecule has 0 saturated heterocycles. The third-order valence-electron chi connectivity index (χ3n) is 1.51. The van der Waals surface area contributed by atoms with Gasteiger partial charge in [-0.15, -0.1) is 0 Å². The van der Waals surface area contributed by atoms with Crippen LogP contribution in [0.5, 0.6) is 5.75 Å². The molecule has 1 rings (SSSR count). The van der Waals surface area contributed by atoms with Gasteiger partial charge in [-0.05, 0) is 22.0 Å². The van der Waals surface area contributed by atoms with E-state index in [-0.39, 0.29) is 0 Å². The molecule has 0 aliphatic carbocycles. The summed E-state index contributed by atoms with van der Waals surface area (Å²) in [5.41, 5.74) is 6.85. The van der Waals surface area contributed by atoms with Gasteiger partial charge in [0.15, 0.2) is 0 Å². The Morgan fingerprint density at radius 2 is 2.25 bits per heavy atom. The number of nitrogens with two attached hydrogens (primary N) is 1. The Balaban J connectivity index is 3.25. The van der Waals surface area contributed by atoms with Crippen LogP contribution in [0.1, 0.15) is 5.56 Å². The van der Waals surface area contributed by atoms with Crippen molar-refractivity contribution in [2.75, 3.05) is 12.8 Å². The summed E-state index contributed by atoms with van der Waals surface area (Å²) in [5.74, 6) is 0.679. The van der Waals surface area contributed by atoms with Gasteiger partial charge in [-0.1, -0.05) is 0 Å². The second-order valence-electron chi connectivity index (χ2n) is 2.26. The van der Waals surface area contributed by atoms with Gasteiger partial charge in [0.25, 0.3) is 0 Å². The van der Waals surface area contributed by atoms with E-state index in [2.05, 4.69) is 15.9 Å². The van der Waals surface area contributed by atoms with Crippen LogP contribution in [0.4, 0.5) is 5.69 Å². The minimum Gasteiger partial charge on any atom is -0.495 e. The Kier molecular flexibility index (Phi) is 2.70. The summed E-state index contributed by atoms with van der Waals surface area (Å²) < 4.78 is 5.83. The smallest absolute Gasteiger partial charge is 0.135 e. The molecule has 0 spiro atoms. The van der Waals surface area contributed by atoms with Crippen molar-refractivity contribution >= 4 is 27.8 Å². The number of nitrogens with one attached hydrogen (secondary N) is 1. The molecular weight excluding hydrogens is 220 g/mol. The molecule has 0 saturated carbocycles. The van der Waals surface area contributed by atoms with E-state index >= 15 is 0 Å². The highest BCUT2D eigenvalue weighted by molar-refractivity contribution is 9.10. The van der Waals surface area contributed by atoms with Gasteiger partial charge in [-0.2, -0.15) is 0 Å². The number of benzene rings is 1. The molecule has 3 N–H and O–H groups in total. The molecule has 64 valence electrons. The molecule has 12 heavy (non-hydrogen) atoms. The number of hydrogen-bond acceptors (Lipinski definition) is 3. The van der Waals surface area contributed by atoms with Crippen LogP contribution < -0.4 is 10.5 Å². The first-order valence-corrected chi connectivity index (χ1v) is 4.12. The van der Waals surface area contributed by atoms with Gasteiger partial charge >= 0.3 is 0 Å². The van der Waals surface area contributed by atoms with Crippen molar-refractivity contribution in [3.8, 4) is 5.75 Å². The number of methoxy groups -OCH3 is 1. The van der Waals surface area contributed by atoms with Crippen molar-refractivity contribution in [1.29, 1.82) is 5.41 Å². The van der Waals surface area contributed by atoms with Gasteiger partial charge in [0, 0.05) is 23.5 Å². The van der Waals surface area contributed by atoms with Gasteiger partial charge in [0.05, 0.1) is 11.6 Å². The summed E-state index contributed by atoms with van der Waals surface area (Å²) >= 11 is 3.30. The lowest BCUT2D eigenvalue weighted by Gasteiger charge is -2.06. The van der Waals surface area contributed by atoms with E-state index in [9.17, 15) is 0 Å². The lowest BCUT2D eigenvalue weighted by Crippen LogP contribution is -1.95. The maximum absolute atomic E-state index is 7.04. The fourth-order valence-electron chi connectivity index (χ4n) is 0.866. The predicted molar refractivity (Wildman–Crippen MR) is 53.0 cm³/mol. The lowest BCUT2D eigenvalue weighted by atomic mass is 10.2. The maximum atomic E-state index is 7.04. The van der Waals surface area contributed by atoms with Gasteiger partial charge in [0.2, 0.25) is 0 Å². The van der Waals surface area contributed by atoms with Crippen LogP contribution in [0.2, 0.25) is 0 Å². The Morgan fingerprint density at radius 3 is 2.75 bits per heavy atom. The first kappa shape index (κ1) is 9.06. The Hall–Kier alpha value is -1.03. The second kappa shape index (κ2) is 3.58. The van der Waals surface area contributed by atoms with Gasteiger partial charge in [-0.3, -0.25) is 0 Å². The minimum atomic E-state index is 0.546. The summed E-state index contributed by atoms with van der Waals surface area (Å²) in [4.78, 5) is 0. The minimum absolute atomic E-state index is 0.546. The number of rotatable bonds is 2. The largest absolute Gasteiger partial charge is 0.495 e. The van der Waals surface area contributed by atoms with Crippen molar-refractivity contribution < 1.29 is 4.74 Å². The number of hydrogen-bond donors (Lipinski definition) is 2. The van der Waals surface area contributed by atoms with Crippen LogP contribution >= 0.6 is 15.9 Å². The van der Waals surface area contributed by atoms with Crippen molar-refractivity contribution in [3.05, 3.63) is 22.2 Å². The molecule has 0 aliphatic rings. The summed E-state index contributed by atoms with van der Waals surface area (Å²) in [6, 6.07) is 3.44. The van der Waals surface area contributed by atoms with E-state index in [0.29, 0.717) is 17.0 Å². The molecule has 0 atom stereocenters. The summed E-state index contributed by atoms with van der Waals surface area (Å²) in [6.45, 7) is 0. The molecule has 0 amide bonds. The SMILES string of the molecule is COc1cc(N)c(C=N)cc1Br. The zero-order valence-electron chi connectivity index (χ0n) is 6.60. The highest BCUT2D eigenvalue weighted by Gasteiger charge is 2.03. The quantitative estimate of drug-likeness (QED) is 0.602. The van der Waals surface area contributed by atoms with Crippen LogP contribution in [0, 0.1) is 5.41 Å². The third-order valence-corrected chi connectivity index (χ3v) is 2.13. The van der Waals surface area contributed by atoms with Crippen molar-refractivity contribution in [1.82, 2.24) is 0 Å². The van der Waals surface area contributed by atoms with Crippen molar-refractivity contribution in [2.45, 2.75) is 0 Å². The van der Waals surface area contributed by atoms with Gasteiger partial charge < -0.3 is 15.9 Å². The molecule has 1 aromatic carbocycles. The van der Waals surface area contributed by atoms with Crippen molar-refractivity contribution in [3.63, 3.8) is 0 Å². The highest BCUT2D eigenvalue weighted by atomic mass is 79.9. The molecule has 1 aromatic rings. The van der Waals surface area contributed by atoms with E-state index < -0.39 is 0 Å². The van der Waals surface area contributed by atoms with Crippen LogP contribution in [-0.4, -0.2) is 13.3 Å². The standard InChI is InChI=1S/C8H9BrN2O/c1-12-8-3-7(11)5(4-10)2-6(8)9/h2-4,10H,11H2,1H3. The van der Waals surface area contributed by atoms with E-state index in [1.807, 2.05) is 0 Å². The number of halogens is 1. The van der Waals surface area contributed by atoms with Crippen LogP contribution in [0.15, 0.2) is 16.6 Å². The molecule has 0 aliphatic heterocycles. The van der Waals surface area contributed by atoms with Gasteiger partial charge in [-0.25, -0.2) is 0 Å². The fourth-order valence-corrected chi connectivity index (χ4v) is 1.39. The molecule has 0 heterocycles. The fraction of sp³-hybridized carbons (Fsp3) is 0.125. The number of anilines is 1. The molecule has 0 aromatic heterocycles. The molecule has 0 fully saturated rings. The molecular formula is C8H9BrN2O. The zero-order chi connectivity index (χ0) is 9.14. The normalized spacial score (nSPS) is 9.50. The maximum Gasteiger partial charge on any atom is 0.135 e. The summed E-state index contributed by atoms with van der Waals surface area (Å²) in [7, 11) is 1.57.